The molecule has 0 aliphatic rings. The molecular formula is C14H20F3N. The minimum atomic E-state index is -4.03. The second-order valence-corrected chi connectivity index (χ2v) is 4.78. The first kappa shape index (κ1) is 15.0. The lowest BCUT2D eigenvalue weighted by molar-refractivity contribution is -0.135. The smallest absolute Gasteiger partial charge is 0.310 e. The van der Waals surface area contributed by atoms with Gasteiger partial charge in [0, 0.05) is 19.0 Å². The summed E-state index contributed by atoms with van der Waals surface area (Å²) in [7, 11) is 0. The molecule has 0 saturated carbocycles. The third-order valence-electron chi connectivity index (χ3n) is 2.83. The predicted octanol–water partition coefficient (Wildman–Crippen LogP) is 4.21. The molecule has 1 N–H and O–H groups in total. The summed E-state index contributed by atoms with van der Waals surface area (Å²) >= 11 is 0. The van der Waals surface area contributed by atoms with Crippen molar-refractivity contribution in [3.63, 3.8) is 0 Å². The van der Waals surface area contributed by atoms with Crippen LogP contribution in [0.25, 0.3) is 0 Å². The van der Waals surface area contributed by atoms with Gasteiger partial charge in [0.05, 0.1) is 0 Å². The van der Waals surface area contributed by atoms with Crippen molar-refractivity contribution in [1.82, 2.24) is 5.32 Å². The third-order valence-corrected chi connectivity index (χ3v) is 2.83. The molecule has 102 valence electrons. The van der Waals surface area contributed by atoms with Gasteiger partial charge in [-0.3, -0.25) is 0 Å². The van der Waals surface area contributed by atoms with Crippen LogP contribution in [0, 0.1) is 6.92 Å². The minimum Gasteiger partial charge on any atom is -0.310 e. The summed E-state index contributed by atoms with van der Waals surface area (Å²) in [5.74, 6) is 0. The molecule has 0 aromatic heterocycles. The Bertz CT molecular complexity index is 360. The molecule has 1 nitrogen and oxygen atoms in total. The Kier molecular flexibility index (Phi) is 5.66. The zero-order chi connectivity index (χ0) is 13.6. The Morgan fingerprint density at radius 1 is 1.28 bits per heavy atom. The van der Waals surface area contributed by atoms with E-state index >= 15 is 0 Å². The van der Waals surface area contributed by atoms with Gasteiger partial charge in [0.25, 0.3) is 0 Å². The van der Waals surface area contributed by atoms with E-state index in [2.05, 4.69) is 11.4 Å². The van der Waals surface area contributed by atoms with Crippen LogP contribution >= 0.6 is 0 Å². The molecule has 0 spiro atoms. The largest absolute Gasteiger partial charge is 0.389 e. The van der Waals surface area contributed by atoms with Crippen molar-refractivity contribution in [1.29, 1.82) is 0 Å². The lowest BCUT2D eigenvalue weighted by atomic mass is 10.1. The summed E-state index contributed by atoms with van der Waals surface area (Å²) in [5.41, 5.74) is 2.36. The molecule has 1 rings (SSSR count). The van der Waals surface area contributed by atoms with Gasteiger partial charge < -0.3 is 5.32 Å². The molecule has 4 heteroatoms. The maximum absolute atomic E-state index is 12.0. The van der Waals surface area contributed by atoms with Gasteiger partial charge in [-0.15, -0.1) is 0 Å². The molecule has 0 amide bonds. The normalized spacial score (nSPS) is 13.6. The molecule has 0 radical (unpaired) electrons. The summed E-state index contributed by atoms with van der Waals surface area (Å²) in [6.07, 6.45) is -3.99. The maximum Gasteiger partial charge on any atom is 0.389 e. The van der Waals surface area contributed by atoms with Crippen molar-refractivity contribution in [3.8, 4) is 0 Å². The van der Waals surface area contributed by atoms with Crippen LogP contribution in [0.15, 0.2) is 24.3 Å². The fourth-order valence-corrected chi connectivity index (χ4v) is 1.82. The number of alkyl halides is 3. The molecule has 0 heterocycles. The van der Waals surface area contributed by atoms with E-state index < -0.39 is 12.6 Å². The molecule has 1 aromatic carbocycles. The van der Waals surface area contributed by atoms with Crippen LogP contribution in [0.5, 0.6) is 0 Å². The highest BCUT2D eigenvalue weighted by molar-refractivity contribution is 5.21. The Morgan fingerprint density at radius 2 is 2.00 bits per heavy atom. The minimum absolute atomic E-state index is 0.105. The molecule has 1 unspecified atom stereocenters. The van der Waals surface area contributed by atoms with E-state index in [9.17, 15) is 13.2 Å². The summed E-state index contributed by atoms with van der Waals surface area (Å²) in [6.45, 7) is 4.65. The summed E-state index contributed by atoms with van der Waals surface area (Å²) in [6, 6.07) is 8.21. The van der Waals surface area contributed by atoms with Crippen LogP contribution in [0.3, 0.4) is 0 Å². The van der Waals surface area contributed by atoms with Gasteiger partial charge in [-0.25, -0.2) is 0 Å². The second kappa shape index (κ2) is 6.78. The molecular weight excluding hydrogens is 239 g/mol. The Hall–Kier alpha value is -1.03. The summed E-state index contributed by atoms with van der Waals surface area (Å²) in [4.78, 5) is 0. The van der Waals surface area contributed by atoms with E-state index in [0.29, 0.717) is 13.0 Å². The third kappa shape index (κ3) is 6.64. The fourth-order valence-electron chi connectivity index (χ4n) is 1.82. The first-order valence-corrected chi connectivity index (χ1v) is 6.22. The highest BCUT2D eigenvalue weighted by atomic mass is 19.4. The van der Waals surface area contributed by atoms with Crippen LogP contribution in [0.4, 0.5) is 13.2 Å². The van der Waals surface area contributed by atoms with E-state index in [4.69, 9.17) is 0 Å². The zero-order valence-electron chi connectivity index (χ0n) is 10.8. The number of aryl methyl sites for hydroxylation is 1. The number of halogens is 3. The second-order valence-electron chi connectivity index (χ2n) is 4.78. The SMILES string of the molecule is Cc1cccc(CNC(C)CCCC(F)(F)F)c1. The topological polar surface area (TPSA) is 12.0 Å². The van der Waals surface area contributed by atoms with Crippen LogP contribution in [-0.2, 0) is 6.54 Å². The summed E-state index contributed by atoms with van der Waals surface area (Å²) < 4.78 is 35.9. The fraction of sp³-hybridized carbons (Fsp3) is 0.571. The maximum atomic E-state index is 12.0. The standard InChI is InChI=1S/C14H20F3N/c1-11-5-3-7-13(9-11)10-18-12(2)6-4-8-14(15,16)17/h3,5,7,9,12,18H,4,6,8,10H2,1-2H3. The van der Waals surface area contributed by atoms with Crippen molar-refractivity contribution in [3.05, 3.63) is 35.4 Å². The predicted molar refractivity (Wildman–Crippen MR) is 67.4 cm³/mol. The Labute approximate surface area is 106 Å². The van der Waals surface area contributed by atoms with Crippen molar-refractivity contribution in [2.45, 2.75) is 51.9 Å². The lowest BCUT2D eigenvalue weighted by Gasteiger charge is -2.14. The molecule has 1 aromatic rings. The van der Waals surface area contributed by atoms with E-state index in [0.717, 1.165) is 5.56 Å². The van der Waals surface area contributed by atoms with E-state index in [1.165, 1.54) is 5.56 Å². The van der Waals surface area contributed by atoms with Gasteiger partial charge in [-0.05, 0) is 32.3 Å². The van der Waals surface area contributed by atoms with Gasteiger partial charge >= 0.3 is 6.18 Å². The molecule has 0 saturated heterocycles. The molecule has 18 heavy (non-hydrogen) atoms. The Morgan fingerprint density at radius 3 is 2.61 bits per heavy atom. The molecule has 0 aliphatic heterocycles. The first-order chi connectivity index (χ1) is 8.37. The number of hydrogen-bond acceptors (Lipinski definition) is 1. The monoisotopic (exact) mass is 259 g/mol. The van der Waals surface area contributed by atoms with Gasteiger partial charge in [0.2, 0.25) is 0 Å². The van der Waals surface area contributed by atoms with E-state index in [1.807, 2.05) is 32.0 Å². The van der Waals surface area contributed by atoms with Crippen LogP contribution in [0.1, 0.15) is 37.3 Å². The highest BCUT2D eigenvalue weighted by Gasteiger charge is 2.26. The zero-order valence-corrected chi connectivity index (χ0v) is 10.8. The molecule has 0 aliphatic carbocycles. The quantitative estimate of drug-likeness (QED) is 0.807. The molecule has 0 fully saturated rings. The highest BCUT2D eigenvalue weighted by Crippen LogP contribution is 2.22. The van der Waals surface area contributed by atoms with E-state index in [1.54, 1.807) is 0 Å². The van der Waals surface area contributed by atoms with Crippen molar-refractivity contribution in [2.24, 2.45) is 0 Å². The van der Waals surface area contributed by atoms with Gasteiger partial charge in [-0.2, -0.15) is 13.2 Å². The van der Waals surface area contributed by atoms with E-state index in [-0.39, 0.29) is 12.5 Å². The van der Waals surface area contributed by atoms with Crippen molar-refractivity contribution in [2.75, 3.05) is 0 Å². The Balaban J connectivity index is 2.23. The van der Waals surface area contributed by atoms with Gasteiger partial charge in [0.15, 0.2) is 0 Å². The van der Waals surface area contributed by atoms with Crippen LogP contribution in [0.2, 0.25) is 0 Å². The van der Waals surface area contributed by atoms with Crippen molar-refractivity contribution < 1.29 is 13.2 Å². The van der Waals surface area contributed by atoms with Crippen molar-refractivity contribution >= 4 is 0 Å². The summed E-state index contributed by atoms with van der Waals surface area (Å²) in [5, 5.41) is 3.25. The van der Waals surface area contributed by atoms with Gasteiger partial charge in [0.1, 0.15) is 0 Å². The number of rotatable bonds is 6. The van der Waals surface area contributed by atoms with Crippen LogP contribution < -0.4 is 5.32 Å². The molecule has 0 bridgehead atoms. The number of hydrogen-bond donors (Lipinski definition) is 1. The lowest BCUT2D eigenvalue weighted by Crippen LogP contribution is -2.25. The average molecular weight is 259 g/mol. The average Bonchev–Trinajstić information content (AvgIpc) is 2.25. The number of benzene rings is 1. The number of nitrogens with one attached hydrogen (secondary N) is 1. The van der Waals surface area contributed by atoms with Gasteiger partial charge in [-0.1, -0.05) is 29.8 Å². The molecule has 1 atom stereocenters. The first-order valence-electron chi connectivity index (χ1n) is 6.22. The van der Waals surface area contributed by atoms with Crippen LogP contribution in [-0.4, -0.2) is 12.2 Å².